The van der Waals surface area contributed by atoms with Crippen LogP contribution in [0, 0.1) is 11.8 Å². The molecule has 0 aromatic heterocycles. The molecule has 0 heterocycles. The van der Waals surface area contributed by atoms with Crippen LogP contribution in [0.1, 0.15) is 52.4 Å². The molecule has 60 valence electrons. The van der Waals surface area contributed by atoms with Crippen molar-refractivity contribution in [3.05, 3.63) is 0 Å². The van der Waals surface area contributed by atoms with Crippen LogP contribution in [-0.2, 0) is 0 Å². The Morgan fingerprint density at radius 3 is 2.40 bits per heavy atom. The summed E-state index contributed by atoms with van der Waals surface area (Å²) in [6, 6.07) is 0. The number of unbranched alkanes of at least 4 members (excludes halogenated alkanes) is 2. The van der Waals surface area contributed by atoms with Crippen molar-refractivity contribution in [3.8, 4) is 0 Å². The van der Waals surface area contributed by atoms with Crippen molar-refractivity contribution in [2.45, 2.75) is 52.4 Å². The zero-order valence-electron chi connectivity index (χ0n) is 7.40. The molecule has 1 aliphatic carbocycles. The van der Waals surface area contributed by atoms with Gasteiger partial charge in [-0.3, -0.25) is 0 Å². The average molecular weight is 140 g/mol. The molecule has 1 fully saturated rings. The van der Waals surface area contributed by atoms with Crippen LogP contribution in [-0.4, -0.2) is 0 Å². The highest BCUT2D eigenvalue weighted by atomic mass is 14.4. The van der Waals surface area contributed by atoms with E-state index in [1.807, 2.05) is 0 Å². The molecule has 0 N–H and O–H groups in total. The van der Waals surface area contributed by atoms with E-state index in [4.69, 9.17) is 0 Å². The van der Waals surface area contributed by atoms with Crippen LogP contribution in [0.3, 0.4) is 0 Å². The van der Waals surface area contributed by atoms with Gasteiger partial charge in [-0.1, -0.05) is 46.0 Å². The third-order valence-corrected chi connectivity index (χ3v) is 2.77. The van der Waals surface area contributed by atoms with Crippen molar-refractivity contribution >= 4 is 0 Å². The summed E-state index contributed by atoms with van der Waals surface area (Å²) in [6.07, 6.45) is 8.80. The Morgan fingerprint density at radius 2 is 1.90 bits per heavy atom. The van der Waals surface area contributed by atoms with Crippen molar-refractivity contribution in [2.75, 3.05) is 0 Å². The standard InChI is InChI=1S/C10H20/c1-3-5-6-7-10-8-9(10)4-2/h9-10H,3-8H2,1-2H3. The fraction of sp³-hybridized carbons (Fsp3) is 1.00. The minimum absolute atomic E-state index is 1.12. The highest BCUT2D eigenvalue weighted by molar-refractivity contribution is 4.84. The van der Waals surface area contributed by atoms with Crippen molar-refractivity contribution in [3.63, 3.8) is 0 Å². The summed E-state index contributed by atoms with van der Waals surface area (Å²) in [5.41, 5.74) is 0. The lowest BCUT2D eigenvalue weighted by atomic mass is 10.1. The van der Waals surface area contributed by atoms with Gasteiger partial charge in [-0.05, 0) is 18.3 Å². The monoisotopic (exact) mass is 140 g/mol. The molecule has 0 aromatic carbocycles. The smallest absolute Gasteiger partial charge is 0.0383 e. The molecule has 0 amide bonds. The Morgan fingerprint density at radius 1 is 1.10 bits per heavy atom. The maximum Gasteiger partial charge on any atom is -0.0383 e. The molecule has 1 aliphatic rings. The van der Waals surface area contributed by atoms with Gasteiger partial charge < -0.3 is 0 Å². The normalized spacial score (nSPS) is 30.6. The van der Waals surface area contributed by atoms with Crippen LogP contribution in [0.15, 0.2) is 0 Å². The van der Waals surface area contributed by atoms with Crippen LogP contribution >= 0.6 is 0 Å². The van der Waals surface area contributed by atoms with E-state index in [-0.39, 0.29) is 0 Å². The molecule has 0 heteroatoms. The molecule has 0 aliphatic heterocycles. The van der Waals surface area contributed by atoms with Gasteiger partial charge in [0, 0.05) is 0 Å². The summed E-state index contributed by atoms with van der Waals surface area (Å²) >= 11 is 0. The lowest BCUT2D eigenvalue weighted by molar-refractivity contribution is 0.575. The first-order valence-electron chi connectivity index (χ1n) is 4.88. The zero-order valence-corrected chi connectivity index (χ0v) is 7.40. The molecule has 0 nitrogen and oxygen atoms in total. The summed E-state index contributed by atoms with van der Waals surface area (Å²) in [5.74, 6) is 2.26. The van der Waals surface area contributed by atoms with Crippen LogP contribution in [0.2, 0.25) is 0 Å². The summed E-state index contributed by atoms with van der Waals surface area (Å²) in [4.78, 5) is 0. The van der Waals surface area contributed by atoms with Gasteiger partial charge >= 0.3 is 0 Å². The van der Waals surface area contributed by atoms with Gasteiger partial charge in [0.25, 0.3) is 0 Å². The predicted molar refractivity (Wildman–Crippen MR) is 46.0 cm³/mol. The Hall–Kier alpha value is 0. The Bertz CT molecular complexity index is 86.0. The van der Waals surface area contributed by atoms with Crippen molar-refractivity contribution in [1.29, 1.82) is 0 Å². The van der Waals surface area contributed by atoms with Crippen molar-refractivity contribution in [2.24, 2.45) is 11.8 Å². The van der Waals surface area contributed by atoms with Crippen molar-refractivity contribution < 1.29 is 0 Å². The third kappa shape index (κ3) is 2.32. The third-order valence-electron chi connectivity index (χ3n) is 2.77. The molecule has 0 bridgehead atoms. The lowest BCUT2D eigenvalue weighted by Gasteiger charge is -1.95. The van der Waals surface area contributed by atoms with Crippen LogP contribution in [0.5, 0.6) is 0 Å². The van der Waals surface area contributed by atoms with Gasteiger partial charge in [-0.15, -0.1) is 0 Å². The minimum atomic E-state index is 1.12. The van der Waals surface area contributed by atoms with Gasteiger partial charge in [-0.2, -0.15) is 0 Å². The van der Waals surface area contributed by atoms with E-state index in [0.29, 0.717) is 0 Å². The molecule has 1 saturated carbocycles. The molecule has 10 heavy (non-hydrogen) atoms. The van der Waals surface area contributed by atoms with E-state index < -0.39 is 0 Å². The maximum absolute atomic E-state index is 2.32. The van der Waals surface area contributed by atoms with Crippen LogP contribution in [0.4, 0.5) is 0 Å². The van der Waals surface area contributed by atoms with Gasteiger partial charge in [0.1, 0.15) is 0 Å². The quantitative estimate of drug-likeness (QED) is 0.512. The van der Waals surface area contributed by atoms with E-state index in [1.54, 1.807) is 6.42 Å². The topological polar surface area (TPSA) is 0 Å². The van der Waals surface area contributed by atoms with E-state index in [9.17, 15) is 0 Å². The minimum Gasteiger partial charge on any atom is -0.0654 e. The molecule has 2 unspecified atom stereocenters. The van der Waals surface area contributed by atoms with Crippen LogP contribution in [0.25, 0.3) is 0 Å². The number of hydrogen-bond donors (Lipinski definition) is 0. The van der Waals surface area contributed by atoms with E-state index in [1.165, 1.54) is 32.1 Å². The van der Waals surface area contributed by atoms with Gasteiger partial charge in [-0.25, -0.2) is 0 Å². The molecule has 0 aromatic rings. The molecule has 2 atom stereocenters. The fourth-order valence-corrected chi connectivity index (χ4v) is 1.82. The SMILES string of the molecule is CCCCCC1CC1CC. The average Bonchev–Trinajstić information content (AvgIpc) is 2.68. The van der Waals surface area contributed by atoms with Crippen LogP contribution < -0.4 is 0 Å². The summed E-state index contributed by atoms with van der Waals surface area (Å²) in [6.45, 7) is 4.61. The van der Waals surface area contributed by atoms with E-state index >= 15 is 0 Å². The fourth-order valence-electron chi connectivity index (χ4n) is 1.82. The summed E-state index contributed by atoms with van der Waals surface area (Å²) < 4.78 is 0. The first-order chi connectivity index (χ1) is 4.88. The van der Waals surface area contributed by atoms with Gasteiger partial charge in [0.05, 0.1) is 0 Å². The predicted octanol–water partition coefficient (Wildman–Crippen LogP) is 3.61. The maximum atomic E-state index is 2.32. The highest BCUT2D eigenvalue weighted by Gasteiger charge is 2.33. The summed E-state index contributed by atoms with van der Waals surface area (Å²) in [5, 5.41) is 0. The molecule has 1 rings (SSSR count). The first kappa shape index (κ1) is 8.10. The van der Waals surface area contributed by atoms with E-state index in [2.05, 4.69) is 13.8 Å². The number of rotatable bonds is 5. The second kappa shape index (κ2) is 4.00. The zero-order chi connectivity index (χ0) is 7.40. The second-order valence-electron chi connectivity index (χ2n) is 3.66. The summed E-state index contributed by atoms with van der Waals surface area (Å²) in [7, 11) is 0. The first-order valence-corrected chi connectivity index (χ1v) is 4.88. The second-order valence-corrected chi connectivity index (χ2v) is 3.66. The lowest BCUT2D eigenvalue weighted by Crippen LogP contribution is -1.81. The largest absolute Gasteiger partial charge is 0.0654 e. The molecule has 0 saturated heterocycles. The highest BCUT2D eigenvalue weighted by Crippen LogP contribution is 2.44. The molecular weight excluding hydrogens is 120 g/mol. The molecule has 0 spiro atoms. The number of hydrogen-bond acceptors (Lipinski definition) is 0. The Balaban J connectivity index is 1.87. The van der Waals surface area contributed by atoms with Gasteiger partial charge in [0.15, 0.2) is 0 Å². The Kier molecular flexibility index (Phi) is 3.24. The van der Waals surface area contributed by atoms with Gasteiger partial charge in [0.2, 0.25) is 0 Å². The molecule has 0 radical (unpaired) electrons. The molecular formula is C10H20. The van der Waals surface area contributed by atoms with Crippen molar-refractivity contribution in [1.82, 2.24) is 0 Å². The Labute approximate surface area is 65.0 Å². The van der Waals surface area contributed by atoms with E-state index in [0.717, 1.165) is 11.8 Å².